The molecule has 1 aliphatic heterocycles. The van der Waals surface area contributed by atoms with Crippen molar-refractivity contribution >= 4 is 82.4 Å². The van der Waals surface area contributed by atoms with E-state index in [1.54, 1.807) is 11.3 Å². The molecule has 0 bridgehead atoms. The van der Waals surface area contributed by atoms with Gasteiger partial charge in [-0.3, -0.25) is 0 Å². The minimum absolute atomic E-state index is 0.939. The molecule has 0 spiro atoms. The first-order chi connectivity index (χ1) is 25.8. The maximum absolute atomic E-state index is 5.37. The number of anilines is 3. The minimum atomic E-state index is 0.939. The summed E-state index contributed by atoms with van der Waals surface area (Å²) in [4.78, 5) is 15.5. The smallest absolute Gasteiger partial charge is 0.108 e. The Morgan fingerprint density at radius 2 is 1.12 bits per heavy atom. The Hall–Kier alpha value is -6.21. The average molecular weight is 701 g/mol. The molecule has 244 valence electrons. The Kier molecular flexibility index (Phi) is 6.62. The molecule has 1 aliphatic rings. The Bertz CT molecular complexity index is 3000. The second-order valence-electron chi connectivity index (χ2n) is 13.0. The van der Waals surface area contributed by atoms with Crippen LogP contribution in [0, 0.1) is 0 Å². The highest BCUT2D eigenvalue weighted by Gasteiger charge is 2.27. The van der Waals surface area contributed by atoms with E-state index in [-0.39, 0.29) is 0 Å². The van der Waals surface area contributed by atoms with Crippen molar-refractivity contribution in [2.24, 2.45) is 0 Å². The molecular weight excluding hydrogens is 673 g/mol. The molecule has 52 heavy (non-hydrogen) atoms. The van der Waals surface area contributed by atoms with Gasteiger partial charge in [0.15, 0.2) is 0 Å². The number of pyridine rings is 2. The van der Waals surface area contributed by atoms with E-state index in [0.717, 1.165) is 60.0 Å². The maximum Gasteiger partial charge on any atom is 0.108 e. The summed E-state index contributed by atoms with van der Waals surface area (Å²) in [5.41, 5.74) is 13.0. The molecule has 0 atom stereocenters. The van der Waals surface area contributed by atoms with Crippen LogP contribution in [0.5, 0.6) is 0 Å². The summed E-state index contributed by atoms with van der Waals surface area (Å²) in [5.74, 6) is 0. The van der Waals surface area contributed by atoms with Crippen molar-refractivity contribution in [1.29, 1.82) is 0 Å². The second-order valence-corrected chi connectivity index (χ2v) is 15.1. The predicted octanol–water partition coefficient (Wildman–Crippen LogP) is 13.2. The van der Waals surface area contributed by atoms with E-state index < -0.39 is 0 Å². The average Bonchev–Trinajstić information content (AvgIpc) is 3.75. The number of benzene rings is 6. The van der Waals surface area contributed by atoms with E-state index in [0.29, 0.717) is 0 Å². The number of hydrogen-bond donors (Lipinski definition) is 0. The third kappa shape index (κ3) is 4.55. The van der Waals surface area contributed by atoms with Gasteiger partial charge in [-0.05, 0) is 78.9 Å². The predicted molar refractivity (Wildman–Crippen MR) is 219 cm³/mol. The Balaban J connectivity index is 1.06. The molecule has 0 fully saturated rings. The van der Waals surface area contributed by atoms with Crippen LogP contribution in [0.25, 0.3) is 70.4 Å². The zero-order valence-electron chi connectivity index (χ0n) is 27.8. The number of para-hydroxylation sites is 4. The fourth-order valence-corrected chi connectivity index (χ4v) is 9.81. The molecule has 4 aromatic heterocycles. The topological polar surface area (TPSA) is 34.0 Å². The summed E-state index contributed by atoms with van der Waals surface area (Å²) in [6, 6.07) is 60.5. The van der Waals surface area contributed by atoms with E-state index in [9.17, 15) is 0 Å². The maximum atomic E-state index is 5.37. The quantitative estimate of drug-likeness (QED) is 0.183. The standard InChI is InChI=1S/C46H28N4S2/c1-3-12-30(13-4-1)49-37-18-8-7-16-32(37)33-23-22-29(28-40(33)49)35-24-26-42-44(47-35)45-43(51-42)27-25-36(48-45)34-17-11-20-39-46(34)52-41-21-10-9-19-38(41)50(39)31-14-5-2-6-15-31/h1-28H. The van der Waals surface area contributed by atoms with Gasteiger partial charge in [0, 0.05) is 43.1 Å². The first-order valence-corrected chi connectivity index (χ1v) is 19.0. The second kappa shape index (κ2) is 11.7. The molecule has 0 unspecified atom stereocenters. The largest absolute Gasteiger partial charge is 0.309 e. The fraction of sp³-hybridized carbons (Fsp3) is 0. The van der Waals surface area contributed by atoms with Crippen LogP contribution in [0.4, 0.5) is 17.1 Å². The number of hydrogen-bond acceptors (Lipinski definition) is 5. The molecule has 6 aromatic carbocycles. The third-order valence-corrected chi connectivity index (χ3v) is 12.3. The zero-order valence-corrected chi connectivity index (χ0v) is 29.4. The van der Waals surface area contributed by atoms with Crippen molar-refractivity contribution in [3.05, 3.63) is 170 Å². The summed E-state index contributed by atoms with van der Waals surface area (Å²) in [6.07, 6.45) is 0. The molecule has 0 saturated heterocycles. The van der Waals surface area contributed by atoms with Crippen molar-refractivity contribution in [1.82, 2.24) is 14.5 Å². The normalized spacial score (nSPS) is 12.5. The summed E-state index contributed by atoms with van der Waals surface area (Å²) < 4.78 is 4.63. The lowest BCUT2D eigenvalue weighted by molar-refractivity contribution is 1.16. The summed E-state index contributed by atoms with van der Waals surface area (Å²) >= 11 is 3.57. The minimum Gasteiger partial charge on any atom is -0.309 e. The lowest BCUT2D eigenvalue weighted by Gasteiger charge is -2.33. The van der Waals surface area contributed by atoms with Gasteiger partial charge in [-0.2, -0.15) is 0 Å². The van der Waals surface area contributed by atoms with Gasteiger partial charge in [-0.25, -0.2) is 9.97 Å². The first-order valence-electron chi connectivity index (χ1n) is 17.3. The van der Waals surface area contributed by atoms with E-state index in [2.05, 4.69) is 179 Å². The molecule has 0 aliphatic carbocycles. The van der Waals surface area contributed by atoms with Crippen molar-refractivity contribution in [3.8, 4) is 28.2 Å². The lowest BCUT2D eigenvalue weighted by Crippen LogP contribution is -2.15. The fourth-order valence-electron chi connectivity index (χ4n) is 7.64. The molecule has 10 aromatic rings. The molecule has 0 amide bonds. The van der Waals surface area contributed by atoms with Gasteiger partial charge in [0.25, 0.3) is 0 Å². The Morgan fingerprint density at radius 3 is 1.94 bits per heavy atom. The monoisotopic (exact) mass is 700 g/mol. The molecule has 0 saturated carbocycles. The van der Waals surface area contributed by atoms with Crippen molar-refractivity contribution in [2.45, 2.75) is 9.79 Å². The highest BCUT2D eigenvalue weighted by atomic mass is 32.2. The third-order valence-electron chi connectivity index (χ3n) is 9.99. The lowest BCUT2D eigenvalue weighted by atomic mass is 10.1. The van der Waals surface area contributed by atoms with Gasteiger partial charge in [-0.15, -0.1) is 11.3 Å². The summed E-state index contributed by atoms with van der Waals surface area (Å²) in [6.45, 7) is 0. The molecule has 5 heterocycles. The van der Waals surface area contributed by atoms with E-state index in [4.69, 9.17) is 9.97 Å². The van der Waals surface area contributed by atoms with Gasteiger partial charge in [0.1, 0.15) is 11.0 Å². The summed E-state index contributed by atoms with van der Waals surface area (Å²) in [7, 11) is 0. The van der Waals surface area contributed by atoms with Crippen molar-refractivity contribution in [2.75, 3.05) is 4.90 Å². The SMILES string of the molecule is c1ccc(N2c3ccccc3Sc3c(-c4ccc5sc6ccc(-c7ccc8c9ccccc9n(-c9ccccc9)c8c7)nc6c5n4)cccc32)cc1. The van der Waals surface area contributed by atoms with E-state index in [1.165, 1.54) is 37.3 Å². The highest BCUT2D eigenvalue weighted by molar-refractivity contribution is 8.00. The van der Waals surface area contributed by atoms with E-state index in [1.807, 2.05) is 11.8 Å². The van der Waals surface area contributed by atoms with Crippen LogP contribution >= 0.6 is 23.1 Å². The highest BCUT2D eigenvalue weighted by Crippen LogP contribution is 2.54. The number of thiophene rings is 1. The summed E-state index contributed by atoms with van der Waals surface area (Å²) in [5, 5.41) is 2.47. The van der Waals surface area contributed by atoms with Gasteiger partial charge in [0.05, 0.1) is 43.2 Å². The molecule has 6 heteroatoms. The molecule has 0 radical (unpaired) electrons. The van der Waals surface area contributed by atoms with Crippen LogP contribution in [-0.2, 0) is 0 Å². The molecule has 11 rings (SSSR count). The number of nitrogens with zero attached hydrogens (tertiary/aromatic N) is 4. The van der Waals surface area contributed by atoms with E-state index >= 15 is 0 Å². The van der Waals surface area contributed by atoms with Gasteiger partial charge in [0.2, 0.25) is 0 Å². The van der Waals surface area contributed by atoms with Crippen LogP contribution in [0.3, 0.4) is 0 Å². The molecule has 0 N–H and O–H groups in total. The van der Waals surface area contributed by atoms with Gasteiger partial charge < -0.3 is 9.47 Å². The van der Waals surface area contributed by atoms with Crippen LogP contribution in [0.2, 0.25) is 0 Å². The van der Waals surface area contributed by atoms with Crippen LogP contribution in [0.15, 0.2) is 180 Å². The number of aromatic nitrogens is 3. The molecular formula is C46H28N4S2. The van der Waals surface area contributed by atoms with Crippen molar-refractivity contribution < 1.29 is 0 Å². The van der Waals surface area contributed by atoms with Crippen molar-refractivity contribution in [3.63, 3.8) is 0 Å². The Morgan fingerprint density at radius 1 is 0.462 bits per heavy atom. The number of rotatable bonds is 4. The zero-order chi connectivity index (χ0) is 34.2. The number of fused-ring (bicyclic) bond motifs is 8. The van der Waals surface area contributed by atoms with Crippen LogP contribution in [0.1, 0.15) is 0 Å². The Labute approximate surface area is 308 Å². The van der Waals surface area contributed by atoms with Crippen LogP contribution in [-0.4, -0.2) is 14.5 Å². The van der Waals surface area contributed by atoms with Crippen LogP contribution < -0.4 is 4.90 Å². The molecule has 4 nitrogen and oxygen atoms in total. The first kappa shape index (κ1) is 29.5. The van der Waals surface area contributed by atoms with Gasteiger partial charge in [-0.1, -0.05) is 103 Å². The van der Waals surface area contributed by atoms with Gasteiger partial charge >= 0.3 is 0 Å².